The molecule has 0 spiro atoms. The molecule has 25 heavy (non-hydrogen) atoms. The van der Waals surface area contributed by atoms with Crippen LogP contribution in [0.2, 0.25) is 0 Å². The molecule has 0 aliphatic heterocycles. The van der Waals surface area contributed by atoms with Crippen LogP contribution in [0.5, 0.6) is 0 Å². The fourth-order valence-corrected chi connectivity index (χ4v) is 2.16. The van der Waals surface area contributed by atoms with Crippen molar-refractivity contribution in [3.05, 3.63) is 71.8 Å². The van der Waals surface area contributed by atoms with Gasteiger partial charge in [0.05, 0.1) is 0 Å². The van der Waals surface area contributed by atoms with Crippen molar-refractivity contribution in [2.75, 3.05) is 0 Å². The Morgan fingerprint density at radius 1 is 0.960 bits per heavy atom. The fourth-order valence-electron chi connectivity index (χ4n) is 2.16. The second-order valence-corrected chi connectivity index (χ2v) is 5.42. The van der Waals surface area contributed by atoms with Crippen LogP contribution in [0.4, 0.5) is 0 Å². The molecule has 0 saturated heterocycles. The molecule has 0 bridgehead atoms. The lowest BCUT2D eigenvalue weighted by Crippen LogP contribution is -2.41. The molecule has 1 atom stereocenters. The van der Waals surface area contributed by atoms with Crippen LogP contribution < -0.4 is 5.32 Å². The van der Waals surface area contributed by atoms with Crippen molar-refractivity contribution in [3.8, 4) is 0 Å². The average molecular weight is 341 g/mol. The summed E-state index contributed by atoms with van der Waals surface area (Å²) in [6.45, 7) is 0.133. The van der Waals surface area contributed by atoms with Gasteiger partial charge in [-0.05, 0) is 24.1 Å². The quantitative estimate of drug-likeness (QED) is 0.719. The van der Waals surface area contributed by atoms with Gasteiger partial charge in [-0.1, -0.05) is 48.5 Å². The molecule has 2 aromatic rings. The zero-order valence-electron chi connectivity index (χ0n) is 13.6. The molecule has 0 aliphatic rings. The molecule has 2 N–H and O–H groups in total. The van der Waals surface area contributed by atoms with Crippen molar-refractivity contribution in [2.45, 2.75) is 25.5 Å². The largest absolute Gasteiger partial charge is 0.480 e. The summed E-state index contributed by atoms with van der Waals surface area (Å²) in [7, 11) is 0. The van der Waals surface area contributed by atoms with E-state index in [0.717, 1.165) is 5.56 Å². The summed E-state index contributed by atoms with van der Waals surface area (Å²) in [5, 5.41) is 11.6. The van der Waals surface area contributed by atoms with Gasteiger partial charge < -0.3 is 15.2 Å². The second-order valence-electron chi connectivity index (χ2n) is 5.42. The van der Waals surface area contributed by atoms with Gasteiger partial charge >= 0.3 is 11.9 Å². The van der Waals surface area contributed by atoms with E-state index < -0.39 is 23.9 Å². The molecular formula is C19H19NO5. The van der Waals surface area contributed by atoms with Crippen molar-refractivity contribution in [3.63, 3.8) is 0 Å². The predicted molar refractivity (Wildman–Crippen MR) is 90.8 cm³/mol. The summed E-state index contributed by atoms with van der Waals surface area (Å²) in [5.41, 5.74) is 1.21. The van der Waals surface area contributed by atoms with Crippen molar-refractivity contribution in [1.29, 1.82) is 0 Å². The lowest BCUT2D eigenvalue weighted by atomic mass is 10.1. The zero-order chi connectivity index (χ0) is 18.1. The van der Waals surface area contributed by atoms with Crippen molar-refractivity contribution in [2.24, 2.45) is 0 Å². The lowest BCUT2D eigenvalue weighted by Gasteiger charge is -2.14. The Labute approximate surface area is 145 Å². The molecule has 0 aromatic heterocycles. The maximum atomic E-state index is 12.0. The fraction of sp³-hybridized carbons (Fsp3) is 0.211. The number of carbonyl (C=O) groups excluding carboxylic acids is 2. The van der Waals surface area contributed by atoms with Gasteiger partial charge in [0.1, 0.15) is 12.6 Å². The summed E-state index contributed by atoms with van der Waals surface area (Å²) in [6.07, 6.45) is -0.138. The molecule has 2 aromatic carbocycles. The number of carbonyl (C=O) groups is 3. The van der Waals surface area contributed by atoms with E-state index in [1.54, 1.807) is 30.3 Å². The third-order valence-electron chi connectivity index (χ3n) is 3.52. The van der Waals surface area contributed by atoms with E-state index in [9.17, 15) is 19.5 Å². The first-order chi connectivity index (χ1) is 12.1. The monoisotopic (exact) mass is 341 g/mol. The number of carboxylic acids is 1. The highest BCUT2D eigenvalue weighted by Gasteiger charge is 2.22. The topological polar surface area (TPSA) is 92.7 Å². The first-order valence-corrected chi connectivity index (χ1v) is 7.84. The average Bonchev–Trinajstić information content (AvgIpc) is 2.64. The Morgan fingerprint density at radius 3 is 2.16 bits per heavy atom. The predicted octanol–water partition coefficient (Wildman–Crippen LogP) is 2.39. The molecule has 0 fully saturated rings. The summed E-state index contributed by atoms with van der Waals surface area (Å²) >= 11 is 0. The standard InChI is InChI=1S/C19H19NO5/c21-17(25-13-14-7-3-1-4-8-14)12-11-16(19(23)24)20-18(22)15-9-5-2-6-10-15/h1-10,16H,11-13H2,(H,20,22)(H,23,24)/t16-/m0/s1. The van der Waals surface area contributed by atoms with Crippen LogP contribution >= 0.6 is 0 Å². The number of benzene rings is 2. The SMILES string of the molecule is O=C(CC[C@H](NC(=O)c1ccccc1)C(=O)O)OCc1ccccc1. The van der Waals surface area contributed by atoms with Gasteiger partial charge in [0.15, 0.2) is 0 Å². The van der Waals surface area contributed by atoms with E-state index >= 15 is 0 Å². The number of rotatable bonds is 8. The smallest absolute Gasteiger partial charge is 0.326 e. The van der Waals surface area contributed by atoms with Crippen LogP contribution in [0.25, 0.3) is 0 Å². The summed E-state index contributed by atoms with van der Waals surface area (Å²) in [5.74, 6) is -2.20. The number of nitrogens with one attached hydrogen (secondary N) is 1. The van der Waals surface area contributed by atoms with E-state index in [4.69, 9.17) is 4.74 Å². The molecule has 6 heteroatoms. The van der Waals surface area contributed by atoms with Crippen molar-refractivity contribution >= 4 is 17.8 Å². The minimum atomic E-state index is -1.19. The highest BCUT2D eigenvalue weighted by atomic mass is 16.5. The number of hydrogen-bond donors (Lipinski definition) is 2. The van der Waals surface area contributed by atoms with Gasteiger partial charge in [-0.15, -0.1) is 0 Å². The van der Waals surface area contributed by atoms with Gasteiger partial charge in [0, 0.05) is 12.0 Å². The number of amides is 1. The molecule has 0 aliphatic carbocycles. The minimum Gasteiger partial charge on any atom is -0.480 e. The van der Waals surface area contributed by atoms with E-state index in [2.05, 4.69) is 5.32 Å². The van der Waals surface area contributed by atoms with Crippen LogP contribution in [0.3, 0.4) is 0 Å². The number of hydrogen-bond acceptors (Lipinski definition) is 4. The van der Waals surface area contributed by atoms with E-state index in [-0.39, 0.29) is 19.4 Å². The van der Waals surface area contributed by atoms with Crippen LogP contribution in [-0.2, 0) is 20.9 Å². The Bertz CT molecular complexity index is 715. The number of aliphatic carboxylic acids is 1. The van der Waals surface area contributed by atoms with Gasteiger partial charge in [-0.25, -0.2) is 4.79 Å². The highest BCUT2D eigenvalue weighted by molar-refractivity contribution is 5.96. The first-order valence-electron chi connectivity index (χ1n) is 7.84. The van der Waals surface area contributed by atoms with Gasteiger partial charge in [-0.2, -0.15) is 0 Å². The Kier molecular flexibility index (Phi) is 6.71. The van der Waals surface area contributed by atoms with Crippen molar-refractivity contribution in [1.82, 2.24) is 5.32 Å². The summed E-state index contributed by atoms with van der Waals surface area (Å²) in [4.78, 5) is 35.1. The van der Waals surface area contributed by atoms with Crippen LogP contribution in [0.1, 0.15) is 28.8 Å². The van der Waals surface area contributed by atoms with Gasteiger partial charge in [0.25, 0.3) is 5.91 Å². The third kappa shape index (κ3) is 6.10. The zero-order valence-corrected chi connectivity index (χ0v) is 13.6. The summed E-state index contributed by atoms with van der Waals surface area (Å²) in [6, 6.07) is 16.3. The van der Waals surface area contributed by atoms with Crippen LogP contribution in [0.15, 0.2) is 60.7 Å². The van der Waals surface area contributed by atoms with Crippen LogP contribution in [-0.4, -0.2) is 29.0 Å². The molecule has 6 nitrogen and oxygen atoms in total. The molecule has 2 rings (SSSR count). The molecule has 0 saturated carbocycles. The molecular weight excluding hydrogens is 322 g/mol. The Hall–Kier alpha value is -3.15. The molecule has 1 amide bonds. The molecule has 0 unspecified atom stereocenters. The Balaban J connectivity index is 1.82. The maximum absolute atomic E-state index is 12.0. The number of ether oxygens (including phenoxy) is 1. The Morgan fingerprint density at radius 2 is 1.56 bits per heavy atom. The number of carboxylic acid groups (broad SMARTS) is 1. The molecule has 0 heterocycles. The second kappa shape index (κ2) is 9.22. The van der Waals surface area contributed by atoms with Crippen LogP contribution in [0, 0.1) is 0 Å². The maximum Gasteiger partial charge on any atom is 0.326 e. The lowest BCUT2D eigenvalue weighted by molar-refractivity contribution is -0.145. The first kappa shape index (κ1) is 18.2. The van der Waals surface area contributed by atoms with Gasteiger partial charge in [-0.3, -0.25) is 9.59 Å². The molecule has 130 valence electrons. The number of esters is 1. The van der Waals surface area contributed by atoms with E-state index in [1.807, 2.05) is 30.3 Å². The summed E-state index contributed by atoms with van der Waals surface area (Å²) < 4.78 is 5.10. The van der Waals surface area contributed by atoms with Gasteiger partial charge in [0.2, 0.25) is 0 Å². The highest BCUT2D eigenvalue weighted by Crippen LogP contribution is 2.06. The van der Waals surface area contributed by atoms with E-state index in [0.29, 0.717) is 5.56 Å². The third-order valence-corrected chi connectivity index (χ3v) is 3.52. The molecule has 0 radical (unpaired) electrons. The van der Waals surface area contributed by atoms with E-state index in [1.165, 1.54) is 0 Å². The minimum absolute atomic E-state index is 0.0401. The van der Waals surface area contributed by atoms with Crippen molar-refractivity contribution < 1.29 is 24.2 Å². The normalized spacial score (nSPS) is 11.4.